The van der Waals surface area contributed by atoms with Crippen molar-refractivity contribution in [1.82, 2.24) is 5.32 Å². The zero-order valence-electron chi connectivity index (χ0n) is 15.4. The van der Waals surface area contributed by atoms with Crippen LogP contribution >= 0.6 is 0 Å². The second kappa shape index (κ2) is 8.44. The van der Waals surface area contributed by atoms with Crippen LogP contribution in [0.15, 0.2) is 59.5 Å². The average Bonchev–Trinajstić information content (AvgIpc) is 2.68. The van der Waals surface area contributed by atoms with E-state index in [1.807, 2.05) is 0 Å². The maximum Gasteiger partial charge on any atom is 0.391 e. The quantitative estimate of drug-likeness (QED) is 0.747. The van der Waals surface area contributed by atoms with Gasteiger partial charge in [0.2, 0.25) is 0 Å². The molecule has 29 heavy (non-hydrogen) atoms. The molecule has 5 nitrogen and oxygen atoms in total. The Hall–Kier alpha value is -2.55. The van der Waals surface area contributed by atoms with E-state index in [2.05, 4.69) is 10.0 Å². The summed E-state index contributed by atoms with van der Waals surface area (Å²) in [7, 11) is -3.81. The van der Waals surface area contributed by atoms with Crippen LogP contribution in [0, 0.1) is 5.92 Å². The first kappa shape index (κ1) is 21.2. The number of anilines is 1. The van der Waals surface area contributed by atoms with Gasteiger partial charge < -0.3 is 5.32 Å². The van der Waals surface area contributed by atoms with Crippen molar-refractivity contribution in [3.8, 4) is 0 Å². The van der Waals surface area contributed by atoms with E-state index in [9.17, 15) is 26.4 Å². The van der Waals surface area contributed by atoms with Crippen LogP contribution in [0.5, 0.6) is 0 Å². The van der Waals surface area contributed by atoms with E-state index in [1.54, 1.807) is 18.2 Å². The molecule has 0 spiro atoms. The van der Waals surface area contributed by atoms with Gasteiger partial charge in [-0.3, -0.25) is 9.52 Å². The second-order valence-corrected chi connectivity index (χ2v) is 8.76. The van der Waals surface area contributed by atoms with E-state index in [-0.39, 0.29) is 29.0 Å². The average molecular weight is 426 g/mol. The van der Waals surface area contributed by atoms with E-state index in [4.69, 9.17) is 0 Å². The molecule has 1 saturated carbocycles. The minimum Gasteiger partial charge on any atom is -0.349 e. The first-order valence-corrected chi connectivity index (χ1v) is 10.7. The summed E-state index contributed by atoms with van der Waals surface area (Å²) in [6.07, 6.45) is -3.45. The van der Waals surface area contributed by atoms with Gasteiger partial charge in [0.25, 0.3) is 15.9 Å². The van der Waals surface area contributed by atoms with Crippen LogP contribution in [0.1, 0.15) is 36.0 Å². The van der Waals surface area contributed by atoms with Gasteiger partial charge in [0, 0.05) is 17.3 Å². The van der Waals surface area contributed by atoms with Crippen LogP contribution in [0.2, 0.25) is 0 Å². The SMILES string of the molecule is O=C(N[C@H]1CCC[C@@H](C(F)(F)F)C1)c1cccc(NS(=O)(=O)c2ccccc2)c1. The topological polar surface area (TPSA) is 75.3 Å². The van der Waals surface area contributed by atoms with Gasteiger partial charge in [-0.15, -0.1) is 0 Å². The van der Waals surface area contributed by atoms with E-state index in [1.165, 1.54) is 36.4 Å². The number of carbonyl (C=O) groups is 1. The Morgan fingerprint density at radius 2 is 1.72 bits per heavy atom. The summed E-state index contributed by atoms with van der Waals surface area (Å²) in [6.45, 7) is 0. The van der Waals surface area contributed by atoms with E-state index in [0.717, 1.165) is 0 Å². The smallest absolute Gasteiger partial charge is 0.349 e. The summed E-state index contributed by atoms with van der Waals surface area (Å²) in [5, 5.41) is 2.64. The minimum atomic E-state index is -4.26. The molecular weight excluding hydrogens is 405 g/mol. The molecule has 1 aliphatic carbocycles. The number of sulfonamides is 1. The summed E-state index contributed by atoms with van der Waals surface area (Å²) in [5.41, 5.74) is 0.366. The lowest BCUT2D eigenvalue weighted by Gasteiger charge is -2.31. The Balaban J connectivity index is 1.68. The van der Waals surface area contributed by atoms with Crippen LogP contribution in [0.4, 0.5) is 18.9 Å². The van der Waals surface area contributed by atoms with Crippen molar-refractivity contribution < 1.29 is 26.4 Å². The van der Waals surface area contributed by atoms with Crippen LogP contribution in [-0.4, -0.2) is 26.5 Å². The lowest BCUT2D eigenvalue weighted by atomic mass is 9.85. The number of carbonyl (C=O) groups excluding carboxylic acids is 1. The van der Waals surface area contributed by atoms with Gasteiger partial charge in [-0.2, -0.15) is 13.2 Å². The number of halogens is 3. The van der Waals surface area contributed by atoms with E-state index < -0.39 is 34.1 Å². The predicted molar refractivity (Wildman–Crippen MR) is 103 cm³/mol. The van der Waals surface area contributed by atoms with Crippen molar-refractivity contribution in [2.24, 2.45) is 5.92 Å². The Morgan fingerprint density at radius 3 is 2.41 bits per heavy atom. The van der Waals surface area contributed by atoms with Gasteiger partial charge in [-0.25, -0.2) is 8.42 Å². The third kappa shape index (κ3) is 5.50. The number of alkyl halides is 3. The van der Waals surface area contributed by atoms with Crippen molar-refractivity contribution in [3.05, 3.63) is 60.2 Å². The van der Waals surface area contributed by atoms with Crippen LogP contribution in [0.25, 0.3) is 0 Å². The summed E-state index contributed by atoms with van der Waals surface area (Å²) in [5.74, 6) is -1.94. The molecule has 0 aliphatic heterocycles. The molecule has 0 aromatic heterocycles. The molecule has 3 rings (SSSR count). The van der Waals surface area contributed by atoms with Gasteiger partial charge in [0.1, 0.15) is 0 Å². The monoisotopic (exact) mass is 426 g/mol. The van der Waals surface area contributed by atoms with Crippen LogP contribution in [0.3, 0.4) is 0 Å². The standard InChI is InChI=1S/C20H21F3N2O3S/c21-20(22,23)15-7-5-8-16(13-15)24-19(26)14-6-4-9-17(12-14)25-29(27,28)18-10-2-1-3-11-18/h1-4,6,9-12,15-16,25H,5,7-8,13H2,(H,24,26)/t15-,16+/m1/s1. The fourth-order valence-corrected chi connectivity index (χ4v) is 4.50. The number of hydrogen-bond acceptors (Lipinski definition) is 3. The molecule has 9 heteroatoms. The molecule has 0 radical (unpaired) electrons. The molecule has 1 aliphatic rings. The molecule has 0 saturated heterocycles. The van der Waals surface area contributed by atoms with Crippen LogP contribution < -0.4 is 10.0 Å². The highest BCUT2D eigenvalue weighted by atomic mass is 32.2. The summed E-state index contributed by atoms with van der Waals surface area (Å²) in [4.78, 5) is 12.6. The molecule has 0 bridgehead atoms. The molecular formula is C20H21F3N2O3S. The Labute approximate surface area is 167 Å². The molecule has 156 valence electrons. The largest absolute Gasteiger partial charge is 0.391 e. The maximum atomic E-state index is 12.9. The van der Waals surface area contributed by atoms with Gasteiger partial charge in [-0.1, -0.05) is 30.7 Å². The lowest BCUT2D eigenvalue weighted by Crippen LogP contribution is -2.41. The molecule has 0 heterocycles. The predicted octanol–water partition coefficient (Wildman–Crippen LogP) is 4.34. The van der Waals surface area contributed by atoms with Crippen molar-refractivity contribution in [1.29, 1.82) is 0 Å². The number of nitrogens with one attached hydrogen (secondary N) is 2. The molecule has 2 N–H and O–H groups in total. The number of rotatable bonds is 5. The molecule has 2 aromatic rings. The third-order valence-corrected chi connectivity index (χ3v) is 6.30. The molecule has 1 amide bonds. The van der Waals surface area contributed by atoms with Gasteiger partial charge in [0.15, 0.2) is 0 Å². The Bertz CT molecular complexity index is 962. The Kier molecular flexibility index (Phi) is 6.16. The van der Waals surface area contributed by atoms with Gasteiger partial charge in [-0.05, 0) is 49.6 Å². The number of amides is 1. The minimum absolute atomic E-state index is 0.0760. The highest BCUT2D eigenvalue weighted by Gasteiger charge is 2.42. The fourth-order valence-electron chi connectivity index (χ4n) is 3.42. The molecule has 2 aromatic carbocycles. The van der Waals surface area contributed by atoms with Crippen molar-refractivity contribution >= 4 is 21.6 Å². The zero-order chi connectivity index (χ0) is 21.1. The maximum absolute atomic E-state index is 12.9. The van der Waals surface area contributed by atoms with Gasteiger partial charge in [0.05, 0.1) is 10.8 Å². The van der Waals surface area contributed by atoms with Gasteiger partial charge >= 0.3 is 6.18 Å². The first-order chi connectivity index (χ1) is 13.6. The Morgan fingerprint density at radius 1 is 1.00 bits per heavy atom. The number of hydrogen-bond donors (Lipinski definition) is 2. The summed E-state index contributed by atoms with van der Waals surface area (Å²) >= 11 is 0. The highest BCUT2D eigenvalue weighted by molar-refractivity contribution is 7.92. The van der Waals surface area contributed by atoms with Crippen molar-refractivity contribution in [3.63, 3.8) is 0 Å². The van der Waals surface area contributed by atoms with Crippen molar-refractivity contribution in [2.45, 2.75) is 42.8 Å². The summed E-state index contributed by atoms with van der Waals surface area (Å²) < 4.78 is 66.1. The van der Waals surface area contributed by atoms with Crippen LogP contribution in [-0.2, 0) is 10.0 Å². The lowest BCUT2D eigenvalue weighted by molar-refractivity contribution is -0.183. The third-order valence-electron chi connectivity index (χ3n) is 4.90. The summed E-state index contributed by atoms with van der Waals surface area (Å²) in [6, 6.07) is 13.1. The second-order valence-electron chi connectivity index (χ2n) is 7.07. The molecule has 0 unspecified atom stereocenters. The molecule has 2 atom stereocenters. The zero-order valence-corrected chi connectivity index (χ0v) is 16.3. The van der Waals surface area contributed by atoms with E-state index >= 15 is 0 Å². The van der Waals surface area contributed by atoms with Crippen molar-refractivity contribution in [2.75, 3.05) is 4.72 Å². The first-order valence-electron chi connectivity index (χ1n) is 9.21. The van der Waals surface area contributed by atoms with E-state index in [0.29, 0.717) is 12.8 Å². The fraction of sp³-hybridized carbons (Fsp3) is 0.350. The molecule has 1 fully saturated rings. The number of benzene rings is 2. The highest BCUT2D eigenvalue weighted by Crippen LogP contribution is 2.37. The normalized spacial score (nSPS) is 20.1.